The van der Waals surface area contributed by atoms with Crippen molar-refractivity contribution in [3.63, 3.8) is 0 Å². The number of alkyl halides is 1. The van der Waals surface area contributed by atoms with Crippen LogP contribution in [0.1, 0.15) is 20.3 Å². The minimum atomic E-state index is -3.03. The Kier molecular flexibility index (Phi) is 3.17. The molecule has 0 bridgehead atoms. The van der Waals surface area contributed by atoms with Gasteiger partial charge in [-0.2, -0.15) is 4.31 Å². The highest BCUT2D eigenvalue weighted by Crippen LogP contribution is 2.26. The maximum atomic E-state index is 11.4. The molecule has 1 heterocycles. The summed E-state index contributed by atoms with van der Waals surface area (Å²) in [5, 5.41) is 0. The van der Waals surface area contributed by atoms with E-state index in [1.54, 1.807) is 4.31 Å². The highest BCUT2D eigenvalue weighted by atomic mass is 79.9. The molecule has 12 heavy (non-hydrogen) atoms. The second-order valence-electron chi connectivity index (χ2n) is 3.34. The Morgan fingerprint density at radius 1 is 1.50 bits per heavy atom. The monoisotopic (exact) mass is 255 g/mol. The molecule has 1 rings (SSSR count). The third kappa shape index (κ3) is 1.83. The van der Waals surface area contributed by atoms with E-state index in [-0.39, 0.29) is 10.7 Å². The van der Waals surface area contributed by atoms with Gasteiger partial charge in [0.2, 0.25) is 10.0 Å². The molecule has 1 aliphatic rings. The minimum absolute atomic E-state index is 0.0388. The molecule has 0 aromatic heterocycles. The predicted octanol–water partition coefficient (Wildman–Crippen LogP) is 1.40. The molecule has 5 heteroatoms. The molecule has 0 aliphatic carbocycles. The maximum absolute atomic E-state index is 11.4. The van der Waals surface area contributed by atoms with Gasteiger partial charge >= 0.3 is 0 Å². The van der Waals surface area contributed by atoms with Crippen LogP contribution in [0.4, 0.5) is 0 Å². The van der Waals surface area contributed by atoms with Gasteiger partial charge in [0.05, 0.1) is 0 Å². The fourth-order valence-electron chi connectivity index (χ4n) is 1.51. The first-order valence-corrected chi connectivity index (χ1v) is 6.77. The summed E-state index contributed by atoms with van der Waals surface area (Å²) >= 11 is 3.00. The lowest BCUT2D eigenvalue weighted by molar-refractivity contribution is 0.374. The second kappa shape index (κ2) is 3.64. The molecule has 0 N–H and O–H groups in total. The molecule has 2 atom stereocenters. The summed E-state index contributed by atoms with van der Waals surface area (Å²) in [6, 6.07) is 0.160. The molecule has 1 saturated heterocycles. The van der Waals surface area contributed by atoms with Crippen molar-refractivity contribution in [2.75, 3.05) is 11.2 Å². The van der Waals surface area contributed by atoms with Crippen LogP contribution in [0.2, 0.25) is 0 Å². The van der Waals surface area contributed by atoms with Gasteiger partial charge in [0, 0.05) is 12.6 Å². The van der Waals surface area contributed by atoms with Crippen LogP contribution in [-0.4, -0.2) is 30.0 Å². The molecule has 0 saturated carbocycles. The first-order valence-electron chi connectivity index (χ1n) is 4.04. The van der Waals surface area contributed by atoms with E-state index in [0.717, 1.165) is 6.42 Å². The van der Waals surface area contributed by atoms with Gasteiger partial charge in [0.25, 0.3) is 0 Å². The normalized spacial score (nSPS) is 32.6. The summed E-state index contributed by atoms with van der Waals surface area (Å²) in [7, 11) is -3.03. The van der Waals surface area contributed by atoms with Gasteiger partial charge in [-0.3, -0.25) is 0 Å². The number of nitrogens with zero attached hydrogens (tertiary/aromatic N) is 1. The van der Waals surface area contributed by atoms with Gasteiger partial charge in [0.1, 0.15) is 4.66 Å². The maximum Gasteiger partial charge on any atom is 0.224 e. The summed E-state index contributed by atoms with van der Waals surface area (Å²) in [6.07, 6.45) is 0.980. The smallest absolute Gasteiger partial charge is 0.211 e. The summed E-state index contributed by atoms with van der Waals surface area (Å²) in [5.41, 5.74) is 0. The molecule has 0 amide bonds. The molecular formula is C7H14BrNO2S. The van der Waals surface area contributed by atoms with Crippen molar-refractivity contribution < 1.29 is 8.42 Å². The average molecular weight is 256 g/mol. The number of hydrogen-bond acceptors (Lipinski definition) is 2. The molecule has 0 radical (unpaired) electrons. The molecule has 3 nitrogen and oxygen atoms in total. The van der Waals surface area contributed by atoms with Crippen molar-refractivity contribution >= 4 is 26.0 Å². The third-order valence-corrected chi connectivity index (χ3v) is 5.82. The van der Waals surface area contributed by atoms with Crippen LogP contribution >= 0.6 is 15.9 Å². The highest BCUT2D eigenvalue weighted by molar-refractivity contribution is 9.10. The van der Waals surface area contributed by atoms with Crippen molar-refractivity contribution in [1.29, 1.82) is 0 Å². The summed E-state index contributed by atoms with van der Waals surface area (Å²) < 4.78 is 24.5. The third-order valence-electron chi connectivity index (χ3n) is 2.58. The summed E-state index contributed by atoms with van der Waals surface area (Å²) in [5.74, 6) is 0.485. The lowest BCUT2D eigenvalue weighted by Gasteiger charge is -2.21. The zero-order valence-electron chi connectivity index (χ0n) is 7.33. The Hall–Kier alpha value is 0.390. The van der Waals surface area contributed by atoms with E-state index < -0.39 is 10.0 Å². The number of rotatable bonds is 2. The van der Waals surface area contributed by atoms with Crippen molar-refractivity contribution in [3.8, 4) is 0 Å². The van der Waals surface area contributed by atoms with Crippen LogP contribution in [0, 0.1) is 5.92 Å². The Balaban J connectivity index is 2.79. The molecular weight excluding hydrogens is 242 g/mol. The fourth-order valence-corrected chi connectivity index (χ4v) is 3.53. The van der Waals surface area contributed by atoms with E-state index >= 15 is 0 Å². The topological polar surface area (TPSA) is 37.4 Å². The Bertz CT molecular complexity index is 252. The molecule has 0 aromatic rings. The first-order chi connectivity index (χ1) is 5.49. The Labute approximate surface area is 82.3 Å². The molecule has 0 spiro atoms. The standard InChI is InChI=1S/C7H14BrNO2S/c1-6-3-4-9(7(6)2)12(10,11)5-8/h6-7H,3-5H2,1-2H3. The lowest BCUT2D eigenvalue weighted by Crippen LogP contribution is -2.35. The number of sulfonamides is 1. The van der Waals surface area contributed by atoms with Crippen molar-refractivity contribution in [2.45, 2.75) is 26.3 Å². The summed E-state index contributed by atoms with van der Waals surface area (Å²) in [4.78, 5) is 0. The van der Waals surface area contributed by atoms with Crippen molar-refractivity contribution in [1.82, 2.24) is 4.31 Å². The molecule has 1 fully saturated rings. The van der Waals surface area contributed by atoms with Crippen LogP contribution in [0.25, 0.3) is 0 Å². The molecule has 2 unspecified atom stereocenters. The zero-order chi connectivity index (χ0) is 9.35. The quantitative estimate of drug-likeness (QED) is 0.700. The highest BCUT2D eigenvalue weighted by Gasteiger charge is 2.34. The SMILES string of the molecule is CC1CCN(S(=O)(=O)CBr)C1C. The molecule has 1 aliphatic heterocycles. The minimum Gasteiger partial charge on any atom is -0.211 e. The molecule has 72 valence electrons. The average Bonchev–Trinajstić information content (AvgIpc) is 2.33. The van der Waals surface area contributed by atoms with Gasteiger partial charge in [-0.05, 0) is 19.3 Å². The van der Waals surface area contributed by atoms with Gasteiger partial charge in [0.15, 0.2) is 0 Å². The predicted molar refractivity (Wildman–Crippen MR) is 52.7 cm³/mol. The summed E-state index contributed by atoms with van der Waals surface area (Å²) in [6.45, 7) is 4.74. The van der Waals surface area contributed by atoms with Gasteiger partial charge in [-0.25, -0.2) is 8.42 Å². The van der Waals surface area contributed by atoms with Crippen LogP contribution in [0.15, 0.2) is 0 Å². The van der Waals surface area contributed by atoms with E-state index in [1.807, 2.05) is 6.92 Å². The number of halogens is 1. The lowest BCUT2D eigenvalue weighted by atomic mass is 10.1. The largest absolute Gasteiger partial charge is 0.224 e. The van der Waals surface area contributed by atoms with Crippen LogP contribution in [-0.2, 0) is 10.0 Å². The van der Waals surface area contributed by atoms with Crippen LogP contribution in [0.5, 0.6) is 0 Å². The van der Waals surface area contributed by atoms with Crippen molar-refractivity contribution in [2.24, 2.45) is 5.92 Å². The van der Waals surface area contributed by atoms with Gasteiger partial charge in [-0.15, -0.1) is 0 Å². The van der Waals surface area contributed by atoms with E-state index in [1.165, 1.54) is 0 Å². The molecule has 0 aromatic carbocycles. The van der Waals surface area contributed by atoms with E-state index in [2.05, 4.69) is 22.9 Å². The first kappa shape index (κ1) is 10.5. The number of hydrogen-bond donors (Lipinski definition) is 0. The Morgan fingerprint density at radius 2 is 2.08 bits per heavy atom. The Morgan fingerprint density at radius 3 is 2.42 bits per heavy atom. The van der Waals surface area contributed by atoms with Crippen LogP contribution < -0.4 is 0 Å². The van der Waals surface area contributed by atoms with Crippen molar-refractivity contribution in [3.05, 3.63) is 0 Å². The van der Waals surface area contributed by atoms with E-state index in [9.17, 15) is 8.42 Å². The zero-order valence-corrected chi connectivity index (χ0v) is 9.73. The van der Waals surface area contributed by atoms with Crippen LogP contribution in [0.3, 0.4) is 0 Å². The fraction of sp³-hybridized carbons (Fsp3) is 1.00. The van der Waals surface area contributed by atoms with E-state index in [4.69, 9.17) is 0 Å². The van der Waals surface area contributed by atoms with Gasteiger partial charge in [-0.1, -0.05) is 22.9 Å². The second-order valence-corrected chi connectivity index (χ2v) is 6.56. The van der Waals surface area contributed by atoms with E-state index in [0.29, 0.717) is 12.5 Å². The van der Waals surface area contributed by atoms with Gasteiger partial charge < -0.3 is 0 Å².